The van der Waals surface area contributed by atoms with E-state index in [1.165, 1.54) is 7.11 Å². The average molecular weight is 443 g/mol. The van der Waals surface area contributed by atoms with Gasteiger partial charge < -0.3 is 25.2 Å². The topological polar surface area (TPSA) is 114 Å². The van der Waals surface area contributed by atoms with Crippen LogP contribution in [0.5, 0.6) is 5.75 Å². The number of benzene rings is 2. The van der Waals surface area contributed by atoms with Crippen LogP contribution in [0.1, 0.15) is 24.0 Å². The third-order valence-electron chi connectivity index (χ3n) is 4.95. The maximum Gasteiger partial charge on any atom is 0.328 e. The summed E-state index contributed by atoms with van der Waals surface area (Å²) >= 11 is 0. The molecule has 1 amide bonds. The Bertz CT molecular complexity index is 887. The Morgan fingerprint density at radius 3 is 2.34 bits per heavy atom. The zero-order valence-electron chi connectivity index (χ0n) is 18.4. The molecule has 0 saturated heterocycles. The number of amides is 1. The molecule has 0 saturated carbocycles. The molecule has 32 heavy (non-hydrogen) atoms. The highest BCUT2D eigenvalue weighted by molar-refractivity contribution is 5.90. The molecule has 0 spiro atoms. The molecule has 3 N–H and O–H groups in total. The Kier molecular flexibility index (Phi) is 10.2. The summed E-state index contributed by atoms with van der Waals surface area (Å²) < 4.78 is 10.0. The van der Waals surface area contributed by atoms with Crippen molar-refractivity contribution in [2.75, 3.05) is 20.8 Å². The molecular weight excluding hydrogens is 412 g/mol. The van der Waals surface area contributed by atoms with E-state index in [1.54, 1.807) is 7.11 Å². The van der Waals surface area contributed by atoms with Crippen LogP contribution >= 0.6 is 0 Å². The molecule has 0 bridgehead atoms. The molecular formula is C24H30N2O6. The number of carbonyl (C=O) groups excluding carboxylic acids is 2. The van der Waals surface area contributed by atoms with Crippen LogP contribution in [-0.2, 0) is 32.0 Å². The molecule has 172 valence electrons. The summed E-state index contributed by atoms with van der Waals surface area (Å²) in [6.45, 7) is 0.435. The summed E-state index contributed by atoms with van der Waals surface area (Å²) in [6.07, 6.45) is 1.28. The number of ether oxygens (including phenoxy) is 2. The third kappa shape index (κ3) is 8.39. The first-order valence-electron chi connectivity index (χ1n) is 10.4. The minimum atomic E-state index is -1.11. The van der Waals surface area contributed by atoms with Crippen molar-refractivity contribution in [1.29, 1.82) is 0 Å². The van der Waals surface area contributed by atoms with Gasteiger partial charge in [0.05, 0.1) is 26.7 Å². The fourth-order valence-electron chi connectivity index (χ4n) is 3.29. The number of aryl methyl sites for hydroxylation is 1. The molecule has 0 fully saturated rings. The molecule has 8 nitrogen and oxygen atoms in total. The fourth-order valence-corrected chi connectivity index (χ4v) is 3.29. The van der Waals surface area contributed by atoms with Gasteiger partial charge in [-0.05, 0) is 42.6 Å². The number of hydrogen-bond donors (Lipinski definition) is 3. The van der Waals surface area contributed by atoms with E-state index in [9.17, 15) is 19.5 Å². The number of carboxylic acids is 1. The van der Waals surface area contributed by atoms with Gasteiger partial charge in [0.15, 0.2) is 0 Å². The molecule has 2 atom stereocenters. The monoisotopic (exact) mass is 442 g/mol. The number of carboxylic acid groups (broad SMARTS) is 1. The lowest BCUT2D eigenvalue weighted by Gasteiger charge is -2.21. The quantitative estimate of drug-likeness (QED) is 0.321. The maximum atomic E-state index is 12.8. The van der Waals surface area contributed by atoms with Crippen molar-refractivity contribution >= 4 is 17.8 Å². The molecule has 0 aliphatic rings. The number of aliphatic carboxylic acids is 1. The van der Waals surface area contributed by atoms with E-state index in [0.29, 0.717) is 13.0 Å². The van der Waals surface area contributed by atoms with Crippen molar-refractivity contribution in [3.8, 4) is 5.75 Å². The van der Waals surface area contributed by atoms with E-state index in [1.807, 2.05) is 54.6 Å². The summed E-state index contributed by atoms with van der Waals surface area (Å²) in [6, 6.07) is 15.0. The smallest absolute Gasteiger partial charge is 0.328 e. The number of nitrogens with one attached hydrogen (secondary N) is 2. The number of methoxy groups -OCH3 is 2. The van der Waals surface area contributed by atoms with E-state index >= 15 is 0 Å². The fraction of sp³-hybridized carbons (Fsp3) is 0.375. The van der Waals surface area contributed by atoms with Gasteiger partial charge >= 0.3 is 11.9 Å². The second kappa shape index (κ2) is 13.1. The number of esters is 1. The summed E-state index contributed by atoms with van der Waals surface area (Å²) in [7, 11) is 2.85. The zero-order chi connectivity index (χ0) is 23.3. The van der Waals surface area contributed by atoms with Crippen LogP contribution in [0.25, 0.3) is 0 Å². The van der Waals surface area contributed by atoms with Gasteiger partial charge in [0.2, 0.25) is 5.91 Å². The average Bonchev–Trinajstić information content (AvgIpc) is 2.80. The van der Waals surface area contributed by atoms with Gasteiger partial charge in [-0.25, -0.2) is 4.79 Å². The molecule has 8 heteroatoms. The van der Waals surface area contributed by atoms with Gasteiger partial charge in [0.25, 0.3) is 0 Å². The Hall–Kier alpha value is -3.39. The molecule has 0 aromatic heterocycles. The van der Waals surface area contributed by atoms with Crippen molar-refractivity contribution in [3.63, 3.8) is 0 Å². The first-order chi connectivity index (χ1) is 15.4. The van der Waals surface area contributed by atoms with Crippen LogP contribution in [-0.4, -0.2) is 55.8 Å². The minimum absolute atomic E-state index is 0.245. The lowest BCUT2D eigenvalue weighted by atomic mass is 10.0. The van der Waals surface area contributed by atoms with E-state index in [-0.39, 0.29) is 6.42 Å². The van der Waals surface area contributed by atoms with E-state index < -0.39 is 36.4 Å². The number of hydrogen-bond acceptors (Lipinski definition) is 6. The summed E-state index contributed by atoms with van der Waals surface area (Å²) in [4.78, 5) is 36.2. The molecule has 0 aliphatic heterocycles. The second-order valence-electron chi connectivity index (χ2n) is 7.33. The van der Waals surface area contributed by atoms with Crippen LogP contribution in [0.2, 0.25) is 0 Å². The number of rotatable bonds is 13. The van der Waals surface area contributed by atoms with Crippen molar-refractivity contribution in [1.82, 2.24) is 10.6 Å². The summed E-state index contributed by atoms with van der Waals surface area (Å²) in [5.74, 6) is -1.48. The molecule has 0 radical (unpaired) electrons. The predicted octanol–water partition coefficient (Wildman–Crippen LogP) is 1.96. The summed E-state index contributed by atoms with van der Waals surface area (Å²) in [5, 5.41) is 14.9. The van der Waals surface area contributed by atoms with Gasteiger partial charge in [0.1, 0.15) is 11.8 Å². The lowest BCUT2D eigenvalue weighted by Crippen LogP contribution is -2.52. The van der Waals surface area contributed by atoms with E-state index in [4.69, 9.17) is 9.47 Å². The van der Waals surface area contributed by atoms with Crippen LogP contribution in [0, 0.1) is 0 Å². The van der Waals surface area contributed by atoms with Crippen molar-refractivity contribution in [3.05, 3.63) is 65.7 Å². The van der Waals surface area contributed by atoms with Crippen molar-refractivity contribution in [2.24, 2.45) is 0 Å². The highest BCUT2D eigenvalue weighted by atomic mass is 16.5. The van der Waals surface area contributed by atoms with Gasteiger partial charge in [-0.3, -0.25) is 9.59 Å². The van der Waals surface area contributed by atoms with Gasteiger partial charge in [0, 0.05) is 6.42 Å². The molecule has 0 unspecified atom stereocenters. The first-order valence-corrected chi connectivity index (χ1v) is 10.4. The minimum Gasteiger partial charge on any atom is -0.497 e. The standard InChI is InChI=1S/C24H30N2O6/c1-31-19-12-6-10-17(14-19)11-7-13-25-20(16-22(27)28)23(29)26-21(24(30)32-2)15-18-8-4-3-5-9-18/h3-6,8-10,12,14,20-21,25H,7,11,13,15-16H2,1-2H3,(H,26,29)(H,27,28)/t20-,21-/m0/s1. The number of carbonyl (C=O) groups is 3. The van der Waals surface area contributed by atoms with Crippen molar-refractivity contribution in [2.45, 2.75) is 37.8 Å². The van der Waals surface area contributed by atoms with Crippen LogP contribution < -0.4 is 15.4 Å². The molecule has 2 aromatic rings. The summed E-state index contributed by atoms with van der Waals surface area (Å²) in [5.41, 5.74) is 1.93. The van der Waals surface area contributed by atoms with Gasteiger partial charge in [-0.2, -0.15) is 0 Å². The zero-order valence-corrected chi connectivity index (χ0v) is 18.4. The van der Waals surface area contributed by atoms with Crippen LogP contribution in [0.3, 0.4) is 0 Å². The second-order valence-corrected chi connectivity index (χ2v) is 7.33. The molecule has 0 aliphatic carbocycles. The third-order valence-corrected chi connectivity index (χ3v) is 4.95. The van der Waals surface area contributed by atoms with Gasteiger partial charge in [-0.1, -0.05) is 42.5 Å². The molecule has 0 heterocycles. The van der Waals surface area contributed by atoms with E-state index in [2.05, 4.69) is 10.6 Å². The Labute approximate surface area is 187 Å². The Morgan fingerprint density at radius 2 is 1.69 bits per heavy atom. The van der Waals surface area contributed by atoms with Crippen molar-refractivity contribution < 1.29 is 29.0 Å². The largest absolute Gasteiger partial charge is 0.497 e. The predicted molar refractivity (Wildman–Crippen MR) is 119 cm³/mol. The van der Waals surface area contributed by atoms with Crippen LogP contribution in [0.4, 0.5) is 0 Å². The lowest BCUT2D eigenvalue weighted by molar-refractivity contribution is -0.145. The van der Waals surface area contributed by atoms with Crippen LogP contribution in [0.15, 0.2) is 54.6 Å². The maximum absolute atomic E-state index is 12.8. The Balaban J connectivity index is 1.95. The highest BCUT2D eigenvalue weighted by Crippen LogP contribution is 2.13. The molecule has 2 rings (SSSR count). The van der Waals surface area contributed by atoms with E-state index in [0.717, 1.165) is 23.3 Å². The Morgan fingerprint density at radius 1 is 0.969 bits per heavy atom. The highest BCUT2D eigenvalue weighted by Gasteiger charge is 2.27. The van der Waals surface area contributed by atoms with Gasteiger partial charge in [-0.15, -0.1) is 0 Å². The normalized spacial score (nSPS) is 12.4. The first kappa shape index (κ1) is 24.9. The SMILES string of the molecule is COC(=O)[C@H](Cc1ccccc1)NC(=O)[C@H](CC(=O)O)NCCCc1cccc(OC)c1. The molecule has 2 aromatic carbocycles.